The minimum absolute atomic E-state index is 0.127. The van der Waals surface area contributed by atoms with E-state index in [4.69, 9.17) is 0 Å². The molecular weight excluding hydrogens is 540 g/mol. The topological polar surface area (TPSA) is 0 Å². The van der Waals surface area contributed by atoms with Crippen LogP contribution in [0.5, 0.6) is 0 Å². The molecule has 1 aliphatic rings. The molecule has 9 aromatic rings. The molecule has 0 amide bonds. The fourth-order valence-corrected chi connectivity index (χ4v) is 8.39. The summed E-state index contributed by atoms with van der Waals surface area (Å²) in [5.74, 6) is 0. The highest BCUT2D eigenvalue weighted by atomic mass is 14.4. The lowest BCUT2D eigenvalue weighted by molar-refractivity contribution is 0.666. The predicted octanol–water partition coefficient (Wildman–Crippen LogP) is 12.5. The van der Waals surface area contributed by atoms with Crippen LogP contribution in [0.25, 0.3) is 87.2 Å². The summed E-state index contributed by atoms with van der Waals surface area (Å²) in [4.78, 5) is 0. The van der Waals surface area contributed by atoms with Crippen LogP contribution in [0.4, 0.5) is 0 Å². The van der Waals surface area contributed by atoms with Gasteiger partial charge in [0.2, 0.25) is 0 Å². The van der Waals surface area contributed by atoms with Crippen LogP contribution in [0.3, 0.4) is 0 Å². The van der Waals surface area contributed by atoms with Crippen molar-refractivity contribution in [2.75, 3.05) is 0 Å². The maximum absolute atomic E-state index is 2.46. The molecule has 0 fully saturated rings. The Morgan fingerprint density at radius 3 is 1.76 bits per heavy atom. The molecule has 0 heterocycles. The number of rotatable bonds is 2. The van der Waals surface area contributed by atoms with Crippen molar-refractivity contribution in [3.05, 3.63) is 157 Å². The van der Waals surface area contributed by atoms with E-state index in [2.05, 4.69) is 159 Å². The van der Waals surface area contributed by atoms with Gasteiger partial charge in [-0.25, -0.2) is 0 Å². The van der Waals surface area contributed by atoms with Crippen molar-refractivity contribution in [2.45, 2.75) is 19.3 Å². The maximum Gasteiger partial charge on any atom is 0.0165 e. The summed E-state index contributed by atoms with van der Waals surface area (Å²) in [5.41, 5.74) is 10.5. The Labute approximate surface area is 262 Å². The Hall–Kier alpha value is -5.46. The van der Waals surface area contributed by atoms with Crippen molar-refractivity contribution < 1.29 is 0 Å². The van der Waals surface area contributed by atoms with Gasteiger partial charge in [0.25, 0.3) is 0 Å². The summed E-state index contributed by atoms with van der Waals surface area (Å²) >= 11 is 0. The van der Waals surface area contributed by atoms with Gasteiger partial charge in [-0.05, 0) is 123 Å². The molecule has 45 heavy (non-hydrogen) atoms. The molecule has 0 N–H and O–H groups in total. The molecule has 0 aliphatic heterocycles. The average Bonchev–Trinajstić information content (AvgIpc) is 3.32. The largest absolute Gasteiger partial charge is 0.0616 e. The van der Waals surface area contributed by atoms with Gasteiger partial charge >= 0.3 is 0 Å². The lowest BCUT2D eigenvalue weighted by Gasteiger charge is -2.24. The Morgan fingerprint density at radius 2 is 0.956 bits per heavy atom. The van der Waals surface area contributed by atoms with Crippen molar-refractivity contribution in [3.63, 3.8) is 0 Å². The van der Waals surface area contributed by atoms with E-state index in [-0.39, 0.29) is 5.41 Å². The first-order chi connectivity index (χ1) is 22.0. The second kappa shape index (κ2) is 8.80. The second-order valence-corrected chi connectivity index (χ2v) is 13.3. The Bertz CT molecular complexity index is 2600. The van der Waals surface area contributed by atoms with E-state index in [0.29, 0.717) is 0 Å². The Kier molecular flexibility index (Phi) is 4.88. The summed E-state index contributed by atoms with van der Waals surface area (Å²) in [7, 11) is 0. The van der Waals surface area contributed by atoms with Crippen molar-refractivity contribution in [1.29, 1.82) is 0 Å². The van der Waals surface area contributed by atoms with Crippen molar-refractivity contribution in [2.24, 2.45) is 0 Å². The van der Waals surface area contributed by atoms with Crippen molar-refractivity contribution in [3.8, 4) is 33.4 Å². The molecule has 0 aromatic heterocycles. The van der Waals surface area contributed by atoms with Crippen LogP contribution in [0.1, 0.15) is 25.0 Å². The number of hydrogen-bond donors (Lipinski definition) is 0. The molecule has 0 heteroatoms. The first-order valence-electron chi connectivity index (χ1n) is 15.9. The van der Waals surface area contributed by atoms with Gasteiger partial charge in [0.05, 0.1) is 0 Å². The SMILES string of the molecule is CC1(C)c2cc(-c3cc4ccc5cccc6ccc(c3)c4c56)ccc2-c2ccc3c(-c4ccc5ccccc5c4)cccc3c21. The summed E-state index contributed by atoms with van der Waals surface area (Å²) in [6.07, 6.45) is 0. The molecule has 210 valence electrons. The summed E-state index contributed by atoms with van der Waals surface area (Å²) < 4.78 is 0. The first-order valence-corrected chi connectivity index (χ1v) is 15.9. The number of hydrogen-bond acceptors (Lipinski definition) is 0. The molecule has 10 rings (SSSR count). The molecular formula is C45H30. The molecule has 0 spiro atoms. The van der Waals surface area contributed by atoms with E-state index < -0.39 is 0 Å². The van der Waals surface area contributed by atoms with Crippen LogP contribution in [0, 0.1) is 0 Å². The molecule has 1 aliphatic carbocycles. The van der Waals surface area contributed by atoms with E-state index in [9.17, 15) is 0 Å². The maximum atomic E-state index is 2.46. The van der Waals surface area contributed by atoms with Crippen LogP contribution in [0.2, 0.25) is 0 Å². The smallest absolute Gasteiger partial charge is 0.0165 e. The highest BCUT2D eigenvalue weighted by Crippen LogP contribution is 2.53. The van der Waals surface area contributed by atoms with Gasteiger partial charge in [-0.2, -0.15) is 0 Å². The molecule has 0 radical (unpaired) electrons. The van der Waals surface area contributed by atoms with Gasteiger partial charge < -0.3 is 0 Å². The fraction of sp³-hybridized carbons (Fsp3) is 0.0667. The van der Waals surface area contributed by atoms with E-state index in [1.165, 1.54) is 98.4 Å². The molecule has 0 unspecified atom stereocenters. The standard InChI is InChI=1S/C45H30/c1-45(2)41-26-31(35-24-33-17-14-28-9-5-10-29-15-18-34(25-35)43(33)42(28)29)19-20-38(41)40-22-21-37-36(11-6-12-39(37)44(40)45)32-16-13-27-7-3-4-8-30(27)23-32/h3-26H,1-2H3. The number of fused-ring (bicyclic) bond motifs is 6. The van der Waals surface area contributed by atoms with Gasteiger partial charge in [0.15, 0.2) is 0 Å². The van der Waals surface area contributed by atoms with Crippen molar-refractivity contribution >= 4 is 53.9 Å². The Balaban J connectivity index is 1.13. The number of benzene rings is 9. The molecule has 0 atom stereocenters. The zero-order valence-electron chi connectivity index (χ0n) is 25.4. The summed E-state index contributed by atoms with van der Waals surface area (Å²) in [6, 6.07) is 54.7. The highest BCUT2D eigenvalue weighted by molar-refractivity contribution is 6.23. The molecule has 9 aromatic carbocycles. The summed E-state index contributed by atoms with van der Waals surface area (Å²) in [5, 5.41) is 13.2. The van der Waals surface area contributed by atoms with Crippen LogP contribution < -0.4 is 0 Å². The van der Waals surface area contributed by atoms with Crippen molar-refractivity contribution in [1.82, 2.24) is 0 Å². The van der Waals surface area contributed by atoms with Gasteiger partial charge in [-0.15, -0.1) is 0 Å². The lowest BCUT2D eigenvalue weighted by Crippen LogP contribution is -2.15. The third kappa shape index (κ3) is 3.43. The highest BCUT2D eigenvalue weighted by Gasteiger charge is 2.37. The predicted molar refractivity (Wildman–Crippen MR) is 194 cm³/mol. The third-order valence-electron chi connectivity index (χ3n) is 10.5. The van der Waals surface area contributed by atoms with Crippen LogP contribution in [0.15, 0.2) is 146 Å². The molecule has 0 saturated heterocycles. The average molecular weight is 571 g/mol. The zero-order chi connectivity index (χ0) is 29.9. The molecule has 0 saturated carbocycles. The zero-order valence-corrected chi connectivity index (χ0v) is 25.4. The van der Waals surface area contributed by atoms with E-state index in [1.807, 2.05) is 0 Å². The third-order valence-corrected chi connectivity index (χ3v) is 10.5. The first kappa shape index (κ1) is 24.9. The minimum atomic E-state index is -0.127. The lowest BCUT2D eigenvalue weighted by atomic mass is 9.79. The van der Waals surface area contributed by atoms with E-state index in [1.54, 1.807) is 0 Å². The van der Waals surface area contributed by atoms with E-state index in [0.717, 1.165) is 0 Å². The minimum Gasteiger partial charge on any atom is -0.0616 e. The van der Waals surface area contributed by atoms with E-state index >= 15 is 0 Å². The van der Waals surface area contributed by atoms with Gasteiger partial charge in [-0.3, -0.25) is 0 Å². The Morgan fingerprint density at radius 1 is 0.356 bits per heavy atom. The summed E-state index contributed by atoms with van der Waals surface area (Å²) in [6.45, 7) is 4.81. The quantitative estimate of drug-likeness (QED) is 0.181. The van der Waals surface area contributed by atoms with Gasteiger partial charge in [0.1, 0.15) is 0 Å². The fourth-order valence-electron chi connectivity index (χ4n) is 8.39. The van der Waals surface area contributed by atoms with Crippen LogP contribution in [-0.2, 0) is 5.41 Å². The molecule has 0 bridgehead atoms. The van der Waals surface area contributed by atoms with Gasteiger partial charge in [0, 0.05) is 5.41 Å². The van der Waals surface area contributed by atoms with Crippen LogP contribution in [-0.4, -0.2) is 0 Å². The normalized spacial score (nSPS) is 13.7. The van der Waals surface area contributed by atoms with Crippen LogP contribution >= 0.6 is 0 Å². The monoisotopic (exact) mass is 570 g/mol. The molecule has 0 nitrogen and oxygen atoms in total. The van der Waals surface area contributed by atoms with Gasteiger partial charge in [-0.1, -0.05) is 135 Å². The second-order valence-electron chi connectivity index (χ2n) is 13.3.